The van der Waals surface area contributed by atoms with Gasteiger partial charge in [-0.25, -0.2) is 9.59 Å². The van der Waals surface area contributed by atoms with Crippen molar-refractivity contribution in [1.29, 1.82) is 0 Å². The van der Waals surface area contributed by atoms with Crippen LogP contribution in [0.4, 0.5) is 4.79 Å². The molecule has 7 heteroatoms. The summed E-state index contributed by atoms with van der Waals surface area (Å²) in [7, 11) is 1.32. The number of methoxy groups -OCH3 is 1. The van der Waals surface area contributed by atoms with Gasteiger partial charge in [-0.2, -0.15) is 0 Å². The third-order valence-corrected chi connectivity index (χ3v) is 4.15. The molecule has 1 atom stereocenters. The van der Waals surface area contributed by atoms with Crippen molar-refractivity contribution >= 4 is 12.1 Å². The molecule has 1 aliphatic heterocycles. The van der Waals surface area contributed by atoms with Crippen LogP contribution >= 0.6 is 0 Å². The Morgan fingerprint density at radius 1 is 1.12 bits per heavy atom. The molecule has 0 spiro atoms. The zero-order chi connectivity index (χ0) is 19.4. The second-order valence-corrected chi connectivity index (χ2v) is 7.28. The minimum atomic E-state index is -1.86. The maximum absolute atomic E-state index is 12.1. The summed E-state index contributed by atoms with van der Waals surface area (Å²) in [4.78, 5) is 25.7. The predicted octanol–water partition coefficient (Wildman–Crippen LogP) is 2.99. The Kier molecular flexibility index (Phi) is 6.26. The first-order chi connectivity index (χ1) is 12.2. The summed E-state index contributed by atoms with van der Waals surface area (Å²) in [6.07, 6.45) is 0.301. The Hall–Kier alpha value is -2.12. The third kappa shape index (κ3) is 4.74. The van der Waals surface area contributed by atoms with Crippen LogP contribution in [0.25, 0.3) is 0 Å². The lowest BCUT2D eigenvalue weighted by Crippen LogP contribution is -2.48. The molecule has 1 unspecified atom stereocenters. The van der Waals surface area contributed by atoms with Crippen LogP contribution in [0.15, 0.2) is 30.3 Å². The maximum Gasteiger partial charge on any atom is 0.410 e. The van der Waals surface area contributed by atoms with Crippen LogP contribution in [0.2, 0.25) is 0 Å². The third-order valence-electron chi connectivity index (χ3n) is 4.15. The van der Waals surface area contributed by atoms with Gasteiger partial charge < -0.3 is 24.2 Å². The van der Waals surface area contributed by atoms with Gasteiger partial charge in [0.1, 0.15) is 5.60 Å². The summed E-state index contributed by atoms with van der Waals surface area (Å²) in [5.74, 6) is -3.07. The van der Waals surface area contributed by atoms with Gasteiger partial charge in [-0.3, -0.25) is 0 Å². The van der Waals surface area contributed by atoms with E-state index in [0.29, 0.717) is 31.5 Å². The van der Waals surface area contributed by atoms with Crippen LogP contribution in [-0.2, 0) is 24.8 Å². The molecule has 1 N–H and O–H groups in total. The van der Waals surface area contributed by atoms with Crippen LogP contribution in [0.5, 0.6) is 0 Å². The highest BCUT2D eigenvalue weighted by atomic mass is 16.7. The van der Waals surface area contributed by atoms with E-state index in [9.17, 15) is 14.7 Å². The SMILES string of the molecule is COC(OC1CCN(C(=O)OC(C)(C)C)CC1)(C(=O)O)c1ccccc1. The Morgan fingerprint density at radius 3 is 2.15 bits per heavy atom. The molecule has 2 rings (SSSR count). The number of carbonyl (C=O) groups is 2. The summed E-state index contributed by atoms with van der Waals surface area (Å²) in [5.41, 5.74) is -0.128. The zero-order valence-electron chi connectivity index (χ0n) is 15.7. The largest absolute Gasteiger partial charge is 0.477 e. The van der Waals surface area contributed by atoms with E-state index in [1.807, 2.05) is 20.8 Å². The number of likely N-dealkylation sites (tertiary alicyclic amines) is 1. The highest BCUT2D eigenvalue weighted by molar-refractivity contribution is 5.77. The van der Waals surface area contributed by atoms with E-state index in [1.54, 1.807) is 35.2 Å². The molecular formula is C19H27NO6. The molecule has 1 heterocycles. The first kappa shape index (κ1) is 20.2. The van der Waals surface area contributed by atoms with Gasteiger partial charge in [-0.05, 0) is 33.6 Å². The lowest BCUT2D eigenvalue weighted by Gasteiger charge is -2.37. The standard InChI is InChI=1S/C19H27NO6/c1-18(2,3)26-17(23)20-12-10-15(11-13-20)25-19(24-4,16(21)22)14-8-6-5-7-9-14/h5-9,15H,10-13H2,1-4H3,(H,21,22). The predicted molar refractivity (Wildman–Crippen MR) is 94.7 cm³/mol. The molecule has 0 bridgehead atoms. The summed E-state index contributed by atoms with van der Waals surface area (Å²) < 4.78 is 16.6. The summed E-state index contributed by atoms with van der Waals surface area (Å²) >= 11 is 0. The lowest BCUT2D eigenvalue weighted by molar-refractivity contribution is -0.261. The Labute approximate surface area is 153 Å². The topological polar surface area (TPSA) is 85.3 Å². The number of piperidine rings is 1. The van der Waals surface area contributed by atoms with Gasteiger partial charge in [0.15, 0.2) is 0 Å². The van der Waals surface area contributed by atoms with Gasteiger partial charge in [-0.15, -0.1) is 0 Å². The molecule has 1 amide bonds. The number of aliphatic carboxylic acids is 1. The van der Waals surface area contributed by atoms with Crippen molar-refractivity contribution in [2.24, 2.45) is 0 Å². The van der Waals surface area contributed by atoms with E-state index in [2.05, 4.69) is 0 Å². The number of benzene rings is 1. The van der Waals surface area contributed by atoms with Gasteiger partial charge >= 0.3 is 12.1 Å². The van der Waals surface area contributed by atoms with Crippen molar-refractivity contribution in [2.75, 3.05) is 20.2 Å². The fourth-order valence-electron chi connectivity index (χ4n) is 2.87. The van der Waals surface area contributed by atoms with E-state index in [1.165, 1.54) is 7.11 Å². The zero-order valence-corrected chi connectivity index (χ0v) is 15.7. The second kappa shape index (κ2) is 8.05. The van der Waals surface area contributed by atoms with E-state index in [-0.39, 0.29) is 12.2 Å². The molecule has 0 radical (unpaired) electrons. The molecule has 1 fully saturated rings. The molecule has 0 aliphatic carbocycles. The number of carboxylic acid groups (broad SMARTS) is 1. The van der Waals surface area contributed by atoms with Crippen molar-refractivity contribution in [1.82, 2.24) is 4.90 Å². The number of nitrogens with zero attached hydrogens (tertiary/aromatic N) is 1. The number of carbonyl (C=O) groups excluding carboxylic acids is 1. The van der Waals surface area contributed by atoms with Crippen LogP contribution in [0, 0.1) is 0 Å². The smallest absolute Gasteiger partial charge is 0.410 e. The van der Waals surface area contributed by atoms with Crippen molar-refractivity contribution in [3.05, 3.63) is 35.9 Å². The Morgan fingerprint density at radius 2 is 1.69 bits per heavy atom. The van der Waals surface area contributed by atoms with Crippen molar-refractivity contribution in [3.8, 4) is 0 Å². The number of ether oxygens (including phenoxy) is 3. The van der Waals surface area contributed by atoms with Gasteiger partial charge in [0.2, 0.25) is 0 Å². The number of hydrogen-bond donors (Lipinski definition) is 1. The minimum Gasteiger partial charge on any atom is -0.477 e. The normalized spacial score (nSPS) is 18.2. The van der Waals surface area contributed by atoms with Crippen LogP contribution in [0.1, 0.15) is 39.2 Å². The monoisotopic (exact) mass is 365 g/mol. The molecule has 144 valence electrons. The summed E-state index contributed by atoms with van der Waals surface area (Å²) in [6, 6.07) is 8.59. The fraction of sp³-hybridized carbons (Fsp3) is 0.579. The first-order valence-electron chi connectivity index (χ1n) is 8.68. The number of carboxylic acids is 1. The lowest BCUT2D eigenvalue weighted by atomic mass is 10.0. The first-order valence-corrected chi connectivity index (χ1v) is 8.68. The minimum absolute atomic E-state index is 0.343. The van der Waals surface area contributed by atoms with Gasteiger partial charge in [-0.1, -0.05) is 30.3 Å². The summed E-state index contributed by atoms with van der Waals surface area (Å²) in [6.45, 7) is 6.34. The van der Waals surface area contributed by atoms with Crippen molar-refractivity contribution < 1.29 is 28.9 Å². The molecule has 0 saturated carbocycles. The summed E-state index contributed by atoms with van der Waals surface area (Å²) in [5, 5.41) is 9.74. The van der Waals surface area contributed by atoms with E-state index < -0.39 is 17.4 Å². The van der Waals surface area contributed by atoms with Gasteiger partial charge in [0.05, 0.1) is 6.10 Å². The van der Waals surface area contributed by atoms with Gasteiger partial charge in [0, 0.05) is 25.8 Å². The molecular weight excluding hydrogens is 338 g/mol. The second-order valence-electron chi connectivity index (χ2n) is 7.28. The number of amides is 1. The van der Waals surface area contributed by atoms with Crippen molar-refractivity contribution in [2.45, 2.75) is 51.1 Å². The molecule has 1 aliphatic rings. The molecule has 0 aromatic heterocycles. The highest BCUT2D eigenvalue weighted by Gasteiger charge is 2.45. The fourth-order valence-corrected chi connectivity index (χ4v) is 2.87. The highest BCUT2D eigenvalue weighted by Crippen LogP contribution is 2.31. The molecule has 1 aromatic rings. The Bertz CT molecular complexity index is 619. The molecule has 26 heavy (non-hydrogen) atoms. The van der Waals surface area contributed by atoms with E-state index >= 15 is 0 Å². The molecule has 7 nitrogen and oxygen atoms in total. The molecule has 1 aromatic carbocycles. The van der Waals surface area contributed by atoms with Crippen LogP contribution in [-0.4, -0.2) is 54.0 Å². The van der Waals surface area contributed by atoms with E-state index in [0.717, 1.165) is 0 Å². The van der Waals surface area contributed by atoms with Crippen LogP contribution in [0.3, 0.4) is 0 Å². The average molecular weight is 365 g/mol. The number of rotatable bonds is 5. The maximum atomic E-state index is 12.1. The van der Waals surface area contributed by atoms with E-state index in [4.69, 9.17) is 14.2 Å². The van der Waals surface area contributed by atoms with Crippen LogP contribution < -0.4 is 0 Å². The molecule has 1 saturated heterocycles. The Balaban J connectivity index is 2.04. The quantitative estimate of drug-likeness (QED) is 0.808. The number of hydrogen-bond acceptors (Lipinski definition) is 5. The van der Waals surface area contributed by atoms with Gasteiger partial charge in [0.25, 0.3) is 5.79 Å². The average Bonchev–Trinajstić information content (AvgIpc) is 2.59. The van der Waals surface area contributed by atoms with Crippen molar-refractivity contribution in [3.63, 3.8) is 0 Å².